The lowest BCUT2D eigenvalue weighted by Crippen LogP contribution is -2.61. The van der Waals surface area contributed by atoms with Gasteiger partial charge in [-0.05, 0) is 50.7 Å². The number of aryl methyl sites for hydroxylation is 2. The standard InChI is InChI=1S/C24H28F4N2O2/c1-17(13-15-19-9-5-3-6-10-19)29-21(31)23(25,26)24(27,28)22(32)30-18(2)14-16-20-11-7-4-8-12-20/h3-12,17-18H,13-16H2,1-2H3,(H,29,31)(H,30,32). The Morgan fingerprint density at radius 1 is 0.688 bits per heavy atom. The first-order valence-electron chi connectivity index (χ1n) is 10.5. The van der Waals surface area contributed by atoms with Crippen LogP contribution in [0.2, 0.25) is 0 Å². The number of benzene rings is 2. The van der Waals surface area contributed by atoms with Gasteiger partial charge in [-0.1, -0.05) is 60.7 Å². The Hall–Kier alpha value is -2.90. The van der Waals surface area contributed by atoms with E-state index in [2.05, 4.69) is 0 Å². The van der Waals surface area contributed by atoms with E-state index < -0.39 is 35.7 Å². The van der Waals surface area contributed by atoms with E-state index in [0.717, 1.165) is 11.1 Å². The summed E-state index contributed by atoms with van der Waals surface area (Å²) >= 11 is 0. The fourth-order valence-electron chi connectivity index (χ4n) is 3.11. The largest absolute Gasteiger partial charge is 0.395 e. The van der Waals surface area contributed by atoms with Crippen molar-refractivity contribution >= 4 is 11.8 Å². The lowest BCUT2D eigenvalue weighted by Gasteiger charge is -2.27. The van der Waals surface area contributed by atoms with Crippen LogP contribution in [0, 0.1) is 0 Å². The molecule has 0 aliphatic heterocycles. The first kappa shape index (κ1) is 25.4. The molecule has 0 heterocycles. The molecule has 2 N–H and O–H groups in total. The van der Waals surface area contributed by atoms with Crippen LogP contribution < -0.4 is 10.6 Å². The van der Waals surface area contributed by atoms with Gasteiger partial charge in [0.05, 0.1) is 0 Å². The van der Waals surface area contributed by atoms with E-state index in [0.29, 0.717) is 12.8 Å². The second-order valence-electron chi connectivity index (χ2n) is 7.95. The number of alkyl halides is 4. The Morgan fingerprint density at radius 2 is 1.00 bits per heavy atom. The van der Waals surface area contributed by atoms with Crippen molar-refractivity contribution < 1.29 is 27.2 Å². The number of rotatable bonds is 11. The van der Waals surface area contributed by atoms with Gasteiger partial charge in [0.15, 0.2) is 0 Å². The van der Waals surface area contributed by atoms with Gasteiger partial charge in [-0.3, -0.25) is 9.59 Å². The highest BCUT2D eigenvalue weighted by atomic mass is 19.3. The molecular formula is C24H28F4N2O2. The van der Waals surface area contributed by atoms with Crippen molar-refractivity contribution in [3.05, 3.63) is 71.8 Å². The second-order valence-corrected chi connectivity index (χ2v) is 7.95. The number of nitrogens with one attached hydrogen (secondary N) is 2. The first-order chi connectivity index (χ1) is 15.0. The smallest absolute Gasteiger partial charge is 0.348 e. The predicted molar refractivity (Wildman–Crippen MR) is 115 cm³/mol. The molecule has 2 amide bonds. The molecule has 0 radical (unpaired) electrons. The van der Waals surface area contributed by atoms with E-state index in [9.17, 15) is 27.2 Å². The molecule has 0 aliphatic carbocycles. The van der Waals surface area contributed by atoms with Crippen LogP contribution in [0.1, 0.15) is 37.8 Å². The topological polar surface area (TPSA) is 58.2 Å². The van der Waals surface area contributed by atoms with E-state index in [1.54, 1.807) is 0 Å². The number of halogens is 4. The van der Waals surface area contributed by atoms with Crippen LogP contribution in [0.5, 0.6) is 0 Å². The normalized spacial score (nSPS) is 13.8. The molecule has 4 nitrogen and oxygen atoms in total. The zero-order valence-corrected chi connectivity index (χ0v) is 18.1. The van der Waals surface area contributed by atoms with E-state index in [4.69, 9.17) is 0 Å². The van der Waals surface area contributed by atoms with Crippen LogP contribution in [0.4, 0.5) is 17.6 Å². The quantitative estimate of drug-likeness (QED) is 0.492. The van der Waals surface area contributed by atoms with Crippen LogP contribution in [-0.2, 0) is 22.4 Å². The van der Waals surface area contributed by atoms with Crippen molar-refractivity contribution in [1.29, 1.82) is 0 Å². The average Bonchev–Trinajstić information content (AvgIpc) is 2.77. The molecule has 0 spiro atoms. The van der Waals surface area contributed by atoms with Crippen molar-refractivity contribution in [2.45, 2.75) is 63.5 Å². The highest BCUT2D eigenvalue weighted by molar-refractivity contribution is 5.95. The Morgan fingerprint density at radius 3 is 1.31 bits per heavy atom. The van der Waals surface area contributed by atoms with Crippen LogP contribution >= 0.6 is 0 Å². The molecule has 32 heavy (non-hydrogen) atoms. The van der Waals surface area contributed by atoms with Crippen molar-refractivity contribution in [3.8, 4) is 0 Å². The summed E-state index contributed by atoms with van der Waals surface area (Å²) in [7, 11) is 0. The third-order valence-corrected chi connectivity index (χ3v) is 5.14. The molecule has 0 saturated heterocycles. The van der Waals surface area contributed by atoms with Crippen LogP contribution in [0.25, 0.3) is 0 Å². The molecule has 2 rings (SSSR count). The van der Waals surface area contributed by atoms with Gasteiger partial charge >= 0.3 is 11.8 Å². The summed E-state index contributed by atoms with van der Waals surface area (Å²) in [6, 6.07) is 16.7. The van der Waals surface area contributed by atoms with Gasteiger partial charge in [0.1, 0.15) is 0 Å². The average molecular weight is 452 g/mol. The summed E-state index contributed by atoms with van der Waals surface area (Å²) in [5.41, 5.74) is 1.85. The molecule has 0 aliphatic rings. The predicted octanol–water partition coefficient (Wildman–Crippen LogP) is 4.53. The number of hydrogen-bond donors (Lipinski definition) is 2. The summed E-state index contributed by atoms with van der Waals surface area (Å²) in [6.45, 7) is 2.89. The Kier molecular flexibility index (Phi) is 8.80. The zero-order chi connectivity index (χ0) is 23.8. The van der Waals surface area contributed by atoms with Gasteiger partial charge in [-0.15, -0.1) is 0 Å². The van der Waals surface area contributed by atoms with Crippen molar-refractivity contribution in [2.75, 3.05) is 0 Å². The second kappa shape index (κ2) is 11.1. The maximum atomic E-state index is 14.2. The SMILES string of the molecule is CC(CCc1ccccc1)NC(=O)C(F)(F)C(F)(F)C(=O)NC(C)CCc1ccccc1. The van der Waals surface area contributed by atoms with Crippen LogP contribution in [0.3, 0.4) is 0 Å². The summed E-state index contributed by atoms with van der Waals surface area (Å²) in [6.07, 6.45) is 1.51. The molecule has 0 bridgehead atoms. The van der Waals surface area contributed by atoms with Gasteiger partial charge < -0.3 is 10.6 Å². The fraction of sp³-hybridized carbons (Fsp3) is 0.417. The Balaban J connectivity index is 1.89. The van der Waals surface area contributed by atoms with Gasteiger partial charge in [-0.2, -0.15) is 17.6 Å². The van der Waals surface area contributed by atoms with Crippen LogP contribution in [0.15, 0.2) is 60.7 Å². The monoisotopic (exact) mass is 452 g/mol. The number of carbonyl (C=O) groups is 2. The lowest BCUT2D eigenvalue weighted by atomic mass is 10.0. The molecular weight excluding hydrogens is 424 g/mol. The molecule has 8 heteroatoms. The van der Waals surface area contributed by atoms with Crippen LogP contribution in [-0.4, -0.2) is 35.7 Å². The Bertz CT molecular complexity index is 803. The van der Waals surface area contributed by atoms with Gasteiger partial charge in [-0.25, -0.2) is 0 Å². The highest BCUT2D eigenvalue weighted by Crippen LogP contribution is 2.35. The number of amides is 2. The molecule has 0 saturated carbocycles. The molecule has 0 aromatic heterocycles. The zero-order valence-electron chi connectivity index (χ0n) is 18.1. The van der Waals surface area contributed by atoms with E-state index in [1.165, 1.54) is 13.8 Å². The summed E-state index contributed by atoms with van der Waals surface area (Å²) in [5.74, 6) is -14.7. The van der Waals surface area contributed by atoms with E-state index in [1.807, 2.05) is 71.3 Å². The third-order valence-electron chi connectivity index (χ3n) is 5.14. The Labute approximate surface area is 185 Å². The molecule has 2 aromatic carbocycles. The minimum absolute atomic E-state index is 0.278. The summed E-state index contributed by atoms with van der Waals surface area (Å²) in [5, 5.41) is 3.80. The van der Waals surface area contributed by atoms with Crippen molar-refractivity contribution in [2.24, 2.45) is 0 Å². The van der Waals surface area contributed by atoms with Crippen molar-refractivity contribution in [1.82, 2.24) is 10.6 Å². The van der Waals surface area contributed by atoms with E-state index >= 15 is 0 Å². The van der Waals surface area contributed by atoms with Crippen molar-refractivity contribution in [3.63, 3.8) is 0 Å². The number of hydrogen-bond acceptors (Lipinski definition) is 2. The third kappa shape index (κ3) is 6.80. The molecule has 2 atom stereocenters. The van der Waals surface area contributed by atoms with Gasteiger partial charge in [0.2, 0.25) is 0 Å². The molecule has 174 valence electrons. The molecule has 2 unspecified atom stereocenters. The maximum Gasteiger partial charge on any atom is 0.395 e. The highest BCUT2D eigenvalue weighted by Gasteiger charge is 2.67. The molecule has 0 fully saturated rings. The fourth-order valence-corrected chi connectivity index (χ4v) is 3.11. The minimum atomic E-state index is -5.18. The molecule has 2 aromatic rings. The van der Waals surface area contributed by atoms with Gasteiger partial charge in [0, 0.05) is 12.1 Å². The van der Waals surface area contributed by atoms with E-state index in [-0.39, 0.29) is 12.8 Å². The first-order valence-corrected chi connectivity index (χ1v) is 10.5. The number of carbonyl (C=O) groups excluding carboxylic acids is 2. The summed E-state index contributed by atoms with van der Waals surface area (Å²) in [4.78, 5) is 23.8. The lowest BCUT2D eigenvalue weighted by molar-refractivity contribution is -0.211. The summed E-state index contributed by atoms with van der Waals surface area (Å²) < 4.78 is 57.0. The minimum Gasteiger partial charge on any atom is -0.348 e. The maximum absolute atomic E-state index is 14.2. The van der Waals surface area contributed by atoms with Gasteiger partial charge in [0.25, 0.3) is 11.8 Å².